The van der Waals surface area contributed by atoms with Crippen LogP contribution in [0.5, 0.6) is 0 Å². The molecular weight excluding hydrogens is 344 g/mol. The van der Waals surface area contributed by atoms with Crippen LogP contribution in [0.25, 0.3) is 5.52 Å². The molecule has 0 aromatic carbocycles. The Morgan fingerprint density at radius 3 is 2.37 bits per heavy atom. The van der Waals surface area contributed by atoms with Crippen LogP contribution in [0.4, 0.5) is 0 Å². The summed E-state index contributed by atoms with van der Waals surface area (Å²) in [5.74, 6) is 1.60. The molecule has 2 aliphatic rings. The van der Waals surface area contributed by atoms with Gasteiger partial charge in [0.05, 0.1) is 11.8 Å². The molecule has 5 rings (SSSR count). The van der Waals surface area contributed by atoms with Gasteiger partial charge in [-0.05, 0) is 37.1 Å². The average molecular weight is 364 g/mol. The van der Waals surface area contributed by atoms with Crippen LogP contribution in [0.1, 0.15) is 45.6 Å². The van der Waals surface area contributed by atoms with E-state index in [1.54, 1.807) is 21.9 Å². The van der Waals surface area contributed by atoms with E-state index in [0.717, 1.165) is 24.2 Å². The van der Waals surface area contributed by atoms with E-state index >= 15 is 0 Å². The van der Waals surface area contributed by atoms with Crippen molar-refractivity contribution >= 4 is 17.3 Å². The number of imidazole rings is 1. The molecule has 1 saturated heterocycles. The van der Waals surface area contributed by atoms with Crippen LogP contribution in [-0.4, -0.2) is 57.2 Å². The van der Waals surface area contributed by atoms with Crippen molar-refractivity contribution in [3.63, 3.8) is 0 Å². The predicted molar refractivity (Wildman–Crippen MR) is 97.7 cm³/mol. The molecule has 3 aromatic rings. The summed E-state index contributed by atoms with van der Waals surface area (Å²) in [6.45, 7) is 1.98. The van der Waals surface area contributed by atoms with Gasteiger partial charge in [-0.3, -0.25) is 9.59 Å². The molecule has 1 aliphatic carbocycles. The number of carbonyl (C=O) groups is 2. The topological polar surface area (TPSA) is 71.1 Å². The Hall–Kier alpha value is -3.09. The third kappa shape index (κ3) is 2.79. The third-order valence-corrected chi connectivity index (χ3v) is 5.31. The van der Waals surface area contributed by atoms with Gasteiger partial charge in [-0.2, -0.15) is 0 Å². The number of amides is 2. The summed E-state index contributed by atoms with van der Waals surface area (Å²) in [7, 11) is 0. The van der Waals surface area contributed by atoms with Crippen LogP contribution < -0.4 is 0 Å². The zero-order valence-corrected chi connectivity index (χ0v) is 14.9. The molecule has 0 N–H and O–H groups in total. The number of carbonyl (C=O) groups excluding carboxylic acids is 2. The second-order valence-corrected chi connectivity index (χ2v) is 7.11. The first-order valence-corrected chi connectivity index (χ1v) is 9.31. The van der Waals surface area contributed by atoms with Gasteiger partial charge in [0, 0.05) is 38.3 Å². The van der Waals surface area contributed by atoms with Gasteiger partial charge in [0.15, 0.2) is 11.5 Å². The lowest BCUT2D eigenvalue weighted by Gasteiger charge is -2.34. The predicted octanol–water partition coefficient (Wildman–Crippen LogP) is 2.40. The first kappa shape index (κ1) is 16.1. The summed E-state index contributed by atoms with van der Waals surface area (Å²) in [5.41, 5.74) is 1.38. The lowest BCUT2D eigenvalue weighted by Crippen LogP contribution is -2.50. The maximum absolute atomic E-state index is 13.1. The molecule has 4 heterocycles. The second kappa shape index (κ2) is 6.26. The average Bonchev–Trinajstić information content (AvgIpc) is 3.27. The van der Waals surface area contributed by atoms with Crippen molar-refractivity contribution in [2.24, 2.45) is 0 Å². The summed E-state index contributed by atoms with van der Waals surface area (Å²) in [4.78, 5) is 33.7. The van der Waals surface area contributed by atoms with Crippen LogP contribution in [0.2, 0.25) is 0 Å². The van der Waals surface area contributed by atoms with Gasteiger partial charge in [0.25, 0.3) is 11.8 Å². The molecule has 1 saturated carbocycles. The number of fused-ring (bicyclic) bond motifs is 1. The maximum Gasteiger partial charge on any atom is 0.289 e. The van der Waals surface area contributed by atoms with E-state index in [9.17, 15) is 9.59 Å². The first-order valence-electron chi connectivity index (χ1n) is 9.31. The van der Waals surface area contributed by atoms with Gasteiger partial charge >= 0.3 is 0 Å². The Bertz CT molecular complexity index is 996. The highest BCUT2D eigenvalue weighted by molar-refractivity contribution is 5.99. The summed E-state index contributed by atoms with van der Waals surface area (Å²) in [6, 6.07) is 9.21. The number of hydrogen-bond donors (Lipinski definition) is 0. The van der Waals surface area contributed by atoms with Crippen molar-refractivity contribution in [1.82, 2.24) is 19.2 Å². The van der Waals surface area contributed by atoms with Gasteiger partial charge < -0.3 is 18.6 Å². The molecule has 0 unspecified atom stereocenters. The highest BCUT2D eigenvalue weighted by Crippen LogP contribution is 2.40. The minimum Gasteiger partial charge on any atom is -0.459 e. The number of hydrogen-bond acceptors (Lipinski definition) is 4. The number of aromatic nitrogens is 2. The van der Waals surface area contributed by atoms with Crippen LogP contribution in [-0.2, 0) is 0 Å². The van der Waals surface area contributed by atoms with E-state index in [-0.39, 0.29) is 11.8 Å². The van der Waals surface area contributed by atoms with Crippen molar-refractivity contribution in [2.45, 2.75) is 18.8 Å². The molecule has 2 fully saturated rings. The zero-order valence-electron chi connectivity index (χ0n) is 14.9. The highest BCUT2D eigenvalue weighted by atomic mass is 16.3. The largest absolute Gasteiger partial charge is 0.459 e. The molecule has 0 bridgehead atoms. The van der Waals surface area contributed by atoms with Crippen molar-refractivity contribution in [1.29, 1.82) is 0 Å². The van der Waals surface area contributed by atoms with Gasteiger partial charge in [-0.1, -0.05) is 6.07 Å². The van der Waals surface area contributed by atoms with Crippen LogP contribution in [0.3, 0.4) is 0 Å². The van der Waals surface area contributed by atoms with E-state index in [4.69, 9.17) is 9.40 Å². The lowest BCUT2D eigenvalue weighted by molar-refractivity contribution is 0.0516. The van der Waals surface area contributed by atoms with Crippen LogP contribution in [0, 0.1) is 0 Å². The number of piperazine rings is 1. The van der Waals surface area contributed by atoms with E-state index in [1.165, 1.54) is 6.26 Å². The fraction of sp³-hybridized carbons (Fsp3) is 0.350. The monoisotopic (exact) mass is 364 g/mol. The Kier molecular flexibility index (Phi) is 3.74. The molecular formula is C20H20N4O3. The number of rotatable bonds is 3. The number of furan rings is 1. The minimum absolute atomic E-state index is 0.0595. The van der Waals surface area contributed by atoms with Gasteiger partial charge in [0.1, 0.15) is 5.82 Å². The second-order valence-electron chi connectivity index (χ2n) is 7.11. The molecule has 2 amide bonds. The molecule has 0 atom stereocenters. The van der Waals surface area contributed by atoms with Crippen LogP contribution in [0.15, 0.2) is 47.2 Å². The fourth-order valence-electron chi connectivity index (χ4n) is 3.67. The van der Waals surface area contributed by atoms with Crippen molar-refractivity contribution in [3.05, 3.63) is 60.1 Å². The SMILES string of the molecule is O=C(c1ccco1)N1CCN(C(=O)c2nc(C3CC3)n3ccccc23)CC1. The molecule has 0 spiro atoms. The number of nitrogens with zero attached hydrogens (tertiary/aromatic N) is 4. The van der Waals surface area contributed by atoms with E-state index < -0.39 is 0 Å². The molecule has 1 aliphatic heterocycles. The summed E-state index contributed by atoms with van der Waals surface area (Å²) in [6.07, 6.45) is 5.74. The molecule has 3 aromatic heterocycles. The van der Waals surface area contributed by atoms with E-state index in [1.807, 2.05) is 28.8 Å². The number of pyridine rings is 1. The van der Waals surface area contributed by atoms with Gasteiger partial charge in [-0.15, -0.1) is 0 Å². The van der Waals surface area contributed by atoms with E-state index in [2.05, 4.69) is 0 Å². The summed E-state index contributed by atoms with van der Waals surface area (Å²) >= 11 is 0. The zero-order chi connectivity index (χ0) is 18.4. The molecule has 27 heavy (non-hydrogen) atoms. The Morgan fingerprint density at radius 2 is 1.70 bits per heavy atom. The first-order chi connectivity index (χ1) is 13.2. The molecule has 7 heteroatoms. The summed E-state index contributed by atoms with van der Waals surface area (Å²) in [5, 5.41) is 0. The maximum atomic E-state index is 13.1. The third-order valence-electron chi connectivity index (χ3n) is 5.31. The van der Waals surface area contributed by atoms with Crippen molar-refractivity contribution in [3.8, 4) is 0 Å². The van der Waals surface area contributed by atoms with Crippen molar-refractivity contribution in [2.75, 3.05) is 26.2 Å². The highest BCUT2D eigenvalue weighted by Gasteiger charge is 2.33. The van der Waals surface area contributed by atoms with Gasteiger partial charge in [-0.25, -0.2) is 4.98 Å². The molecule has 138 valence electrons. The smallest absolute Gasteiger partial charge is 0.289 e. The molecule has 0 radical (unpaired) electrons. The Morgan fingerprint density at radius 1 is 0.963 bits per heavy atom. The van der Waals surface area contributed by atoms with Gasteiger partial charge in [0.2, 0.25) is 0 Å². The fourth-order valence-corrected chi connectivity index (χ4v) is 3.67. The minimum atomic E-state index is -0.129. The normalized spacial score (nSPS) is 17.5. The van der Waals surface area contributed by atoms with Crippen LogP contribution >= 0.6 is 0 Å². The standard InChI is InChI=1S/C20H20N4O3/c25-19(16-5-3-13-27-16)22-9-11-23(12-10-22)20(26)17-15-4-1-2-8-24(15)18(21-17)14-6-7-14/h1-5,8,13-14H,6-7,9-12H2. The quantitative estimate of drug-likeness (QED) is 0.716. The lowest BCUT2D eigenvalue weighted by atomic mass is 10.2. The Balaban J connectivity index is 1.34. The van der Waals surface area contributed by atoms with E-state index in [0.29, 0.717) is 43.6 Å². The van der Waals surface area contributed by atoms with Crippen molar-refractivity contribution < 1.29 is 14.0 Å². The summed E-state index contributed by atoms with van der Waals surface area (Å²) < 4.78 is 7.23. The Labute approximate surface area is 156 Å². The molecule has 7 nitrogen and oxygen atoms in total.